The van der Waals surface area contributed by atoms with Gasteiger partial charge in [-0.1, -0.05) is 12.1 Å². The number of fused-ring (bicyclic) bond motifs is 1. The summed E-state index contributed by atoms with van der Waals surface area (Å²) in [6, 6.07) is 0.123. The molecule has 1 atom stereocenters. The molecule has 0 spiro atoms. The smallest absolute Gasteiger partial charge is 0.226 e. The molecule has 0 aliphatic carbocycles. The maximum atomic E-state index is 5.18. The van der Waals surface area contributed by atoms with Crippen molar-refractivity contribution >= 4 is 0 Å². The molecule has 1 aliphatic heterocycles. The van der Waals surface area contributed by atoms with Gasteiger partial charge in [-0.05, 0) is 26.2 Å². The zero-order chi connectivity index (χ0) is 14.7. The highest BCUT2D eigenvalue weighted by atomic mass is 16.5. The first-order chi connectivity index (χ1) is 10.3. The van der Waals surface area contributed by atoms with E-state index in [0.717, 1.165) is 37.5 Å². The van der Waals surface area contributed by atoms with Gasteiger partial charge in [0, 0.05) is 19.4 Å². The Balaban J connectivity index is 1.60. The highest BCUT2D eigenvalue weighted by Crippen LogP contribution is 2.18. The molecule has 21 heavy (non-hydrogen) atoms. The zero-order valence-electron chi connectivity index (χ0n) is 12.7. The van der Waals surface area contributed by atoms with Gasteiger partial charge in [-0.25, -0.2) is 0 Å². The van der Waals surface area contributed by atoms with Crippen LogP contribution in [-0.2, 0) is 25.9 Å². The van der Waals surface area contributed by atoms with Gasteiger partial charge in [-0.15, -0.1) is 10.2 Å². The van der Waals surface area contributed by atoms with Crippen LogP contribution in [0, 0.1) is 0 Å². The molecule has 0 saturated carbocycles. The Morgan fingerprint density at radius 2 is 2.24 bits per heavy atom. The molecule has 0 aromatic carbocycles. The van der Waals surface area contributed by atoms with Crippen molar-refractivity contribution in [2.45, 2.75) is 65.1 Å². The maximum Gasteiger partial charge on any atom is 0.226 e. The second-order valence-corrected chi connectivity index (χ2v) is 5.54. The van der Waals surface area contributed by atoms with Gasteiger partial charge in [-0.3, -0.25) is 0 Å². The predicted octanol–water partition coefficient (Wildman–Crippen LogP) is 1.80. The topological polar surface area (TPSA) is 81.7 Å². The Labute approximate surface area is 124 Å². The van der Waals surface area contributed by atoms with E-state index < -0.39 is 0 Å². The third kappa shape index (κ3) is 3.12. The summed E-state index contributed by atoms with van der Waals surface area (Å²) < 4.78 is 7.42. The number of rotatable bonds is 6. The minimum Gasteiger partial charge on any atom is -0.339 e. The van der Waals surface area contributed by atoms with E-state index >= 15 is 0 Å². The van der Waals surface area contributed by atoms with Gasteiger partial charge >= 0.3 is 0 Å². The van der Waals surface area contributed by atoms with Crippen LogP contribution in [0.25, 0.3) is 0 Å². The maximum absolute atomic E-state index is 5.18. The molecule has 0 radical (unpaired) electrons. The first-order valence-corrected chi connectivity index (χ1v) is 7.74. The average molecular weight is 290 g/mol. The minimum absolute atomic E-state index is 0.123. The number of nitrogens with one attached hydrogen (secondary N) is 1. The molecule has 0 fully saturated rings. The molecule has 0 saturated heterocycles. The number of aromatic nitrogens is 5. The van der Waals surface area contributed by atoms with E-state index in [9.17, 15) is 0 Å². The summed E-state index contributed by atoms with van der Waals surface area (Å²) in [6.07, 6.45) is 5.29. The van der Waals surface area contributed by atoms with Crippen molar-refractivity contribution in [2.75, 3.05) is 0 Å². The summed E-state index contributed by atoms with van der Waals surface area (Å²) in [5.41, 5.74) is 0. The predicted molar refractivity (Wildman–Crippen MR) is 76.5 cm³/mol. The SMILES string of the molecule is CCCc1nc(CN[C@H](C)c2nnc3n2CCCC3)no1. The van der Waals surface area contributed by atoms with Crippen molar-refractivity contribution in [2.24, 2.45) is 0 Å². The molecule has 2 aromatic heterocycles. The molecule has 1 N–H and O–H groups in total. The van der Waals surface area contributed by atoms with Crippen LogP contribution < -0.4 is 5.32 Å². The summed E-state index contributed by atoms with van der Waals surface area (Å²) in [7, 11) is 0. The number of aryl methyl sites for hydroxylation is 2. The van der Waals surface area contributed by atoms with Crippen LogP contribution in [0.4, 0.5) is 0 Å². The van der Waals surface area contributed by atoms with Crippen LogP contribution in [0.15, 0.2) is 4.52 Å². The highest BCUT2D eigenvalue weighted by Gasteiger charge is 2.20. The van der Waals surface area contributed by atoms with Crippen LogP contribution in [-0.4, -0.2) is 24.9 Å². The molecular weight excluding hydrogens is 268 g/mol. The van der Waals surface area contributed by atoms with Crippen molar-refractivity contribution in [1.29, 1.82) is 0 Å². The van der Waals surface area contributed by atoms with Crippen molar-refractivity contribution < 1.29 is 4.52 Å². The lowest BCUT2D eigenvalue weighted by Gasteiger charge is -2.18. The van der Waals surface area contributed by atoms with E-state index in [2.05, 4.69) is 44.1 Å². The summed E-state index contributed by atoms with van der Waals surface area (Å²) in [4.78, 5) is 4.36. The van der Waals surface area contributed by atoms with E-state index in [1.807, 2.05) is 0 Å². The van der Waals surface area contributed by atoms with Crippen LogP contribution in [0.5, 0.6) is 0 Å². The van der Waals surface area contributed by atoms with E-state index in [4.69, 9.17) is 4.52 Å². The molecule has 0 amide bonds. The van der Waals surface area contributed by atoms with Gasteiger partial charge in [0.1, 0.15) is 11.6 Å². The standard InChI is InChI=1S/C14H22N6O/c1-3-6-13-16-11(19-21-13)9-15-10(2)14-18-17-12-7-4-5-8-20(12)14/h10,15H,3-9H2,1-2H3/t10-/m1/s1. The van der Waals surface area contributed by atoms with Gasteiger partial charge in [0.25, 0.3) is 0 Å². The molecule has 0 unspecified atom stereocenters. The molecule has 0 bridgehead atoms. The molecule has 7 nitrogen and oxygen atoms in total. The van der Waals surface area contributed by atoms with Gasteiger partial charge in [0.05, 0.1) is 12.6 Å². The largest absolute Gasteiger partial charge is 0.339 e. The summed E-state index contributed by atoms with van der Waals surface area (Å²) in [5.74, 6) is 3.52. The Hall–Kier alpha value is -1.76. The normalized spacial score (nSPS) is 15.9. The van der Waals surface area contributed by atoms with Crippen molar-refractivity contribution in [3.63, 3.8) is 0 Å². The van der Waals surface area contributed by atoms with Crippen LogP contribution in [0.2, 0.25) is 0 Å². The van der Waals surface area contributed by atoms with Gasteiger partial charge in [0.15, 0.2) is 5.82 Å². The number of hydrogen-bond donors (Lipinski definition) is 1. The molecule has 7 heteroatoms. The molecular formula is C14H22N6O. The highest BCUT2D eigenvalue weighted by molar-refractivity contribution is 5.03. The molecule has 3 heterocycles. The second-order valence-electron chi connectivity index (χ2n) is 5.54. The van der Waals surface area contributed by atoms with Gasteiger partial charge in [0.2, 0.25) is 5.89 Å². The van der Waals surface area contributed by atoms with Crippen LogP contribution >= 0.6 is 0 Å². The number of nitrogens with zero attached hydrogens (tertiary/aromatic N) is 5. The summed E-state index contributed by atoms with van der Waals surface area (Å²) in [6.45, 7) is 5.79. The van der Waals surface area contributed by atoms with Crippen LogP contribution in [0.3, 0.4) is 0 Å². The lowest BCUT2D eigenvalue weighted by atomic mass is 10.1. The molecule has 1 aliphatic rings. The van der Waals surface area contributed by atoms with E-state index in [1.54, 1.807) is 0 Å². The zero-order valence-corrected chi connectivity index (χ0v) is 12.7. The quantitative estimate of drug-likeness (QED) is 0.873. The summed E-state index contributed by atoms with van der Waals surface area (Å²) >= 11 is 0. The molecule has 2 aromatic rings. The molecule has 3 rings (SSSR count). The van der Waals surface area contributed by atoms with E-state index in [0.29, 0.717) is 18.3 Å². The Morgan fingerprint density at radius 3 is 3.10 bits per heavy atom. The van der Waals surface area contributed by atoms with Gasteiger partial charge < -0.3 is 14.4 Å². The first kappa shape index (κ1) is 14.2. The van der Waals surface area contributed by atoms with Crippen LogP contribution in [0.1, 0.15) is 62.5 Å². The Morgan fingerprint density at radius 1 is 1.33 bits per heavy atom. The van der Waals surface area contributed by atoms with E-state index in [-0.39, 0.29) is 6.04 Å². The molecule has 114 valence electrons. The first-order valence-electron chi connectivity index (χ1n) is 7.74. The fourth-order valence-electron chi connectivity index (χ4n) is 2.66. The lowest BCUT2D eigenvalue weighted by molar-refractivity contribution is 0.368. The lowest BCUT2D eigenvalue weighted by Crippen LogP contribution is -2.24. The fourth-order valence-corrected chi connectivity index (χ4v) is 2.66. The van der Waals surface area contributed by atoms with Crippen molar-refractivity contribution in [3.05, 3.63) is 23.4 Å². The van der Waals surface area contributed by atoms with E-state index in [1.165, 1.54) is 12.8 Å². The summed E-state index contributed by atoms with van der Waals surface area (Å²) in [5, 5.41) is 16.0. The average Bonchev–Trinajstić information content (AvgIpc) is 3.12. The third-order valence-electron chi connectivity index (χ3n) is 3.82. The Bertz CT molecular complexity index is 590. The monoisotopic (exact) mass is 290 g/mol. The van der Waals surface area contributed by atoms with Crippen molar-refractivity contribution in [1.82, 2.24) is 30.2 Å². The second kappa shape index (κ2) is 6.34. The minimum atomic E-state index is 0.123. The fraction of sp³-hybridized carbons (Fsp3) is 0.714. The number of hydrogen-bond acceptors (Lipinski definition) is 6. The Kier molecular flexibility index (Phi) is 4.28. The third-order valence-corrected chi connectivity index (χ3v) is 3.82. The van der Waals surface area contributed by atoms with Gasteiger partial charge in [-0.2, -0.15) is 4.98 Å². The van der Waals surface area contributed by atoms with Crippen molar-refractivity contribution in [3.8, 4) is 0 Å².